The molecule has 0 heterocycles. The summed E-state index contributed by atoms with van der Waals surface area (Å²) < 4.78 is 33.2. The van der Waals surface area contributed by atoms with E-state index in [1.165, 1.54) is 14.2 Å². The fourth-order valence-electron chi connectivity index (χ4n) is 2.04. The monoisotopic (exact) mass is 344 g/mol. The molecule has 0 amide bonds. The van der Waals surface area contributed by atoms with Crippen molar-refractivity contribution in [2.45, 2.75) is 25.3 Å². The Morgan fingerprint density at radius 3 is 2.57 bits per heavy atom. The molecule has 1 rings (SSSR count). The Morgan fingerprint density at radius 2 is 2.00 bits per heavy atom. The number of methoxy groups -OCH3 is 1. The molecular weight excluding hydrogens is 320 g/mol. The number of carbonyl (C=O) groups is 1. The molecular formula is C15H24N2O5S. The Bertz CT molecular complexity index is 577. The van der Waals surface area contributed by atoms with Gasteiger partial charge in [-0.2, -0.15) is 17.4 Å². The minimum Gasteiger partial charge on any atom is -0.481 e. The Labute approximate surface area is 137 Å². The van der Waals surface area contributed by atoms with Crippen LogP contribution >= 0.6 is 0 Å². The predicted molar refractivity (Wildman–Crippen MR) is 87.4 cm³/mol. The van der Waals surface area contributed by atoms with Crippen LogP contribution < -0.4 is 4.72 Å². The van der Waals surface area contributed by atoms with Crippen molar-refractivity contribution in [1.29, 1.82) is 0 Å². The summed E-state index contributed by atoms with van der Waals surface area (Å²) in [6, 6.07) is 8.89. The number of aliphatic carboxylic acids is 1. The molecule has 0 aliphatic heterocycles. The van der Waals surface area contributed by atoms with Crippen molar-refractivity contribution in [1.82, 2.24) is 9.03 Å². The summed E-state index contributed by atoms with van der Waals surface area (Å²) >= 11 is 0. The molecule has 1 unspecified atom stereocenters. The highest BCUT2D eigenvalue weighted by Gasteiger charge is 2.23. The van der Waals surface area contributed by atoms with Gasteiger partial charge in [0.15, 0.2) is 0 Å². The van der Waals surface area contributed by atoms with E-state index in [0.717, 1.165) is 9.87 Å². The number of benzene rings is 1. The lowest BCUT2D eigenvalue weighted by Gasteiger charge is -2.23. The summed E-state index contributed by atoms with van der Waals surface area (Å²) in [5.41, 5.74) is 0.949. The van der Waals surface area contributed by atoms with E-state index in [1.54, 1.807) is 0 Å². The van der Waals surface area contributed by atoms with Crippen LogP contribution in [0.4, 0.5) is 0 Å². The van der Waals surface area contributed by atoms with E-state index in [2.05, 4.69) is 4.72 Å². The number of hydrogen-bond acceptors (Lipinski definition) is 4. The Hall–Kier alpha value is -1.48. The van der Waals surface area contributed by atoms with E-state index in [-0.39, 0.29) is 26.0 Å². The lowest BCUT2D eigenvalue weighted by atomic mass is 10.0. The number of hydrogen-bond donors (Lipinski definition) is 2. The van der Waals surface area contributed by atoms with Crippen molar-refractivity contribution < 1.29 is 23.1 Å². The standard InChI is InChI=1S/C15H24N2O5S/c1-17(10-11-22-2)23(20,21)16-14(8-9-15(18)19)12-13-6-4-3-5-7-13/h3-7,14,16H,8-12H2,1-2H3,(H,18,19). The number of carboxylic acids is 1. The molecule has 0 saturated carbocycles. The molecule has 1 atom stereocenters. The molecule has 23 heavy (non-hydrogen) atoms. The Morgan fingerprint density at radius 1 is 1.35 bits per heavy atom. The molecule has 8 heteroatoms. The van der Waals surface area contributed by atoms with E-state index >= 15 is 0 Å². The summed E-state index contributed by atoms with van der Waals surface area (Å²) in [6.45, 7) is 0.513. The van der Waals surface area contributed by atoms with Gasteiger partial charge in [0.05, 0.1) is 6.61 Å². The minimum atomic E-state index is -3.69. The third-order valence-corrected chi connectivity index (χ3v) is 5.00. The lowest BCUT2D eigenvalue weighted by molar-refractivity contribution is -0.137. The fraction of sp³-hybridized carbons (Fsp3) is 0.533. The highest BCUT2D eigenvalue weighted by Crippen LogP contribution is 2.10. The van der Waals surface area contributed by atoms with Crippen LogP contribution in [0.2, 0.25) is 0 Å². The van der Waals surface area contributed by atoms with Crippen molar-refractivity contribution in [3.63, 3.8) is 0 Å². The van der Waals surface area contributed by atoms with Crippen LogP contribution in [0.1, 0.15) is 18.4 Å². The maximum Gasteiger partial charge on any atom is 0.303 e. The molecule has 130 valence electrons. The summed E-state index contributed by atoms with van der Waals surface area (Å²) in [5.74, 6) is -0.949. The second-order valence-corrected chi connectivity index (χ2v) is 7.07. The first-order valence-electron chi connectivity index (χ1n) is 7.33. The number of ether oxygens (including phenoxy) is 1. The van der Waals surface area contributed by atoms with Gasteiger partial charge in [-0.05, 0) is 18.4 Å². The van der Waals surface area contributed by atoms with E-state index in [9.17, 15) is 13.2 Å². The molecule has 0 fully saturated rings. The average molecular weight is 344 g/mol. The minimum absolute atomic E-state index is 0.0954. The molecule has 2 N–H and O–H groups in total. The first kappa shape index (κ1) is 19.6. The van der Waals surface area contributed by atoms with E-state index < -0.39 is 22.2 Å². The van der Waals surface area contributed by atoms with Crippen LogP contribution in [-0.2, 0) is 26.2 Å². The van der Waals surface area contributed by atoms with Crippen LogP contribution in [0.25, 0.3) is 0 Å². The molecule has 7 nitrogen and oxygen atoms in total. The van der Waals surface area contributed by atoms with Gasteiger partial charge in [0, 0.05) is 33.2 Å². The summed E-state index contributed by atoms with van der Waals surface area (Å²) in [7, 11) is -0.734. The van der Waals surface area contributed by atoms with Crippen LogP contribution in [0.5, 0.6) is 0 Å². The van der Waals surface area contributed by atoms with Crippen molar-refractivity contribution >= 4 is 16.2 Å². The van der Waals surface area contributed by atoms with Gasteiger partial charge in [-0.25, -0.2) is 0 Å². The molecule has 0 aliphatic rings. The molecule has 1 aromatic rings. The topological polar surface area (TPSA) is 95.9 Å². The number of nitrogens with zero attached hydrogens (tertiary/aromatic N) is 1. The van der Waals surface area contributed by atoms with Crippen molar-refractivity contribution in [3.8, 4) is 0 Å². The van der Waals surface area contributed by atoms with Crippen LogP contribution in [0.15, 0.2) is 30.3 Å². The zero-order valence-corrected chi connectivity index (χ0v) is 14.3. The third kappa shape index (κ3) is 7.56. The highest BCUT2D eigenvalue weighted by atomic mass is 32.2. The molecule has 0 bridgehead atoms. The van der Waals surface area contributed by atoms with Gasteiger partial charge >= 0.3 is 5.97 Å². The first-order valence-corrected chi connectivity index (χ1v) is 8.77. The molecule has 1 aromatic carbocycles. The Kier molecular flexibility index (Phi) is 8.18. The molecule has 0 aliphatic carbocycles. The summed E-state index contributed by atoms with van der Waals surface area (Å²) in [4.78, 5) is 10.8. The average Bonchev–Trinajstić information content (AvgIpc) is 2.50. The summed E-state index contributed by atoms with van der Waals surface area (Å²) in [6.07, 6.45) is 0.564. The number of carboxylic acid groups (broad SMARTS) is 1. The second-order valence-electron chi connectivity index (χ2n) is 5.26. The fourth-order valence-corrected chi connectivity index (χ4v) is 3.16. The zero-order valence-electron chi connectivity index (χ0n) is 13.4. The van der Waals surface area contributed by atoms with E-state index in [4.69, 9.17) is 9.84 Å². The van der Waals surface area contributed by atoms with Crippen LogP contribution in [0.3, 0.4) is 0 Å². The van der Waals surface area contributed by atoms with Gasteiger partial charge in [0.1, 0.15) is 0 Å². The third-order valence-electron chi connectivity index (χ3n) is 3.37. The lowest BCUT2D eigenvalue weighted by Crippen LogP contribution is -2.45. The van der Waals surface area contributed by atoms with Gasteiger partial charge in [-0.1, -0.05) is 30.3 Å². The number of likely N-dealkylation sites (N-methyl/N-ethyl adjacent to an activating group) is 1. The quantitative estimate of drug-likeness (QED) is 0.621. The highest BCUT2D eigenvalue weighted by molar-refractivity contribution is 7.87. The number of rotatable bonds is 11. The predicted octanol–water partition coefficient (Wildman–Crippen LogP) is 0.875. The van der Waals surface area contributed by atoms with Gasteiger partial charge in [0.25, 0.3) is 10.2 Å². The van der Waals surface area contributed by atoms with Crippen LogP contribution in [0, 0.1) is 0 Å². The maximum atomic E-state index is 12.3. The largest absolute Gasteiger partial charge is 0.481 e. The van der Waals surface area contributed by atoms with Gasteiger partial charge < -0.3 is 9.84 Å². The number of nitrogens with one attached hydrogen (secondary N) is 1. The molecule has 0 aromatic heterocycles. The van der Waals surface area contributed by atoms with Crippen molar-refractivity contribution in [3.05, 3.63) is 35.9 Å². The van der Waals surface area contributed by atoms with Crippen molar-refractivity contribution in [2.75, 3.05) is 27.3 Å². The van der Waals surface area contributed by atoms with Crippen molar-refractivity contribution in [2.24, 2.45) is 0 Å². The maximum absolute atomic E-state index is 12.3. The molecule has 0 saturated heterocycles. The second kappa shape index (κ2) is 9.61. The molecule has 0 spiro atoms. The van der Waals surface area contributed by atoms with Gasteiger partial charge in [0.2, 0.25) is 0 Å². The van der Waals surface area contributed by atoms with E-state index in [0.29, 0.717) is 6.42 Å². The SMILES string of the molecule is COCCN(C)S(=O)(=O)NC(CCC(=O)O)Cc1ccccc1. The Balaban J connectivity index is 2.76. The first-order chi connectivity index (χ1) is 10.8. The van der Waals surface area contributed by atoms with E-state index in [1.807, 2.05) is 30.3 Å². The van der Waals surface area contributed by atoms with Gasteiger partial charge in [-0.15, -0.1) is 0 Å². The zero-order chi connectivity index (χ0) is 17.3. The van der Waals surface area contributed by atoms with Gasteiger partial charge in [-0.3, -0.25) is 4.79 Å². The smallest absolute Gasteiger partial charge is 0.303 e. The molecule has 0 radical (unpaired) electrons. The van der Waals surface area contributed by atoms with Crippen LogP contribution in [-0.4, -0.2) is 57.1 Å². The normalized spacial score (nSPS) is 13.2. The summed E-state index contributed by atoms with van der Waals surface area (Å²) in [5, 5.41) is 8.85.